The lowest BCUT2D eigenvalue weighted by atomic mass is 10.0. The Morgan fingerprint density at radius 2 is 1.96 bits per heavy atom. The number of amides is 2. The third-order valence-electron chi connectivity index (χ3n) is 4.12. The maximum absolute atomic E-state index is 13.2. The van der Waals surface area contributed by atoms with Crippen LogP contribution >= 0.6 is 0 Å². The molecule has 6 nitrogen and oxygen atoms in total. The summed E-state index contributed by atoms with van der Waals surface area (Å²) in [4.78, 5) is 37.2. The number of ether oxygens (including phenoxy) is 1. The van der Waals surface area contributed by atoms with Crippen molar-refractivity contribution in [1.29, 1.82) is 0 Å². The molecule has 2 rings (SSSR count). The molecule has 1 aromatic carbocycles. The fraction of sp³-hybridized carbons (Fsp3) is 0.500. The van der Waals surface area contributed by atoms with E-state index in [2.05, 4.69) is 5.32 Å². The van der Waals surface area contributed by atoms with Crippen molar-refractivity contribution in [2.45, 2.75) is 38.6 Å². The van der Waals surface area contributed by atoms with Crippen LogP contribution in [-0.4, -0.2) is 48.4 Å². The van der Waals surface area contributed by atoms with Gasteiger partial charge in [-0.25, -0.2) is 4.39 Å². The van der Waals surface area contributed by atoms with Crippen molar-refractivity contribution in [3.8, 4) is 0 Å². The molecule has 1 heterocycles. The Labute approximate surface area is 146 Å². The van der Waals surface area contributed by atoms with Crippen LogP contribution in [0.5, 0.6) is 0 Å². The second-order valence-corrected chi connectivity index (χ2v) is 5.94. The standard InChI is InChI=1S/C18H23FN2O4/c1-2-25-17(23)7-6-16(22)21-10-8-15(9-11-21)20-18(24)13-4-3-5-14(19)12-13/h3-5,12,15H,2,6-11H2,1H3,(H,20,24). The van der Waals surface area contributed by atoms with Gasteiger partial charge in [0.1, 0.15) is 5.82 Å². The van der Waals surface area contributed by atoms with Gasteiger partial charge in [-0.05, 0) is 38.0 Å². The predicted octanol–water partition coefficient (Wildman–Crippen LogP) is 1.89. The van der Waals surface area contributed by atoms with Crippen molar-refractivity contribution < 1.29 is 23.5 Å². The van der Waals surface area contributed by atoms with E-state index < -0.39 is 5.82 Å². The van der Waals surface area contributed by atoms with E-state index in [9.17, 15) is 18.8 Å². The molecule has 25 heavy (non-hydrogen) atoms. The van der Waals surface area contributed by atoms with Crippen molar-refractivity contribution in [2.75, 3.05) is 19.7 Å². The van der Waals surface area contributed by atoms with E-state index >= 15 is 0 Å². The molecule has 1 fully saturated rings. The molecule has 1 N–H and O–H groups in total. The average molecular weight is 350 g/mol. The third kappa shape index (κ3) is 5.85. The second-order valence-electron chi connectivity index (χ2n) is 5.94. The number of halogens is 1. The van der Waals surface area contributed by atoms with Gasteiger partial charge >= 0.3 is 5.97 Å². The summed E-state index contributed by atoms with van der Waals surface area (Å²) in [6, 6.07) is 5.49. The number of likely N-dealkylation sites (tertiary alicyclic amines) is 1. The van der Waals surface area contributed by atoms with Crippen LogP contribution in [0, 0.1) is 5.82 Å². The number of carbonyl (C=O) groups excluding carboxylic acids is 3. The van der Waals surface area contributed by atoms with Gasteiger partial charge in [0.15, 0.2) is 0 Å². The minimum Gasteiger partial charge on any atom is -0.466 e. The highest BCUT2D eigenvalue weighted by molar-refractivity contribution is 5.94. The number of piperidine rings is 1. The van der Waals surface area contributed by atoms with Crippen LogP contribution in [0.25, 0.3) is 0 Å². The maximum Gasteiger partial charge on any atom is 0.306 e. The molecule has 1 aliphatic rings. The van der Waals surface area contributed by atoms with Crippen LogP contribution in [-0.2, 0) is 14.3 Å². The van der Waals surface area contributed by atoms with Gasteiger partial charge in [-0.15, -0.1) is 0 Å². The van der Waals surface area contributed by atoms with E-state index in [0.717, 1.165) is 0 Å². The molecule has 0 radical (unpaired) electrons. The number of nitrogens with zero attached hydrogens (tertiary/aromatic N) is 1. The van der Waals surface area contributed by atoms with E-state index in [4.69, 9.17) is 4.74 Å². The molecule has 0 saturated carbocycles. The maximum atomic E-state index is 13.2. The zero-order valence-corrected chi connectivity index (χ0v) is 14.3. The van der Waals surface area contributed by atoms with Crippen molar-refractivity contribution in [3.63, 3.8) is 0 Å². The molecular formula is C18H23FN2O4. The Morgan fingerprint density at radius 3 is 2.60 bits per heavy atom. The normalized spacial score (nSPS) is 14.9. The van der Waals surface area contributed by atoms with E-state index in [-0.39, 0.29) is 42.2 Å². The first kappa shape index (κ1) is 18.9. The highest BCUT2D eigenvalue weighted by Gasteiger charge is 2.24. The highest BCUT2D eigenvalue weighted by Crippen LogP contribution is 2.13. The highest BCUT2D eigenvalue weighted by atomic mass is 19.1. The molecule has 2 amide bonds. The van der Waals surface area contributed by atoms with Crippen molar-refractivity contribution in [2.24, 2.45) is 0 Å². The largest absolute Gasteiger partial charge is 0.466 e. The number of rotatable bonds is 6. The summed E-state index contributed by atoms with van der Waals surface area (Å²) in [5.41, 5.74) is 0.285. The summed E-state index contributed by atoms with van der Waals surface area (Å²) in [5, 5.41) is 2.87. The Kier molecular flexibility index (Phi) is 6.91. The van der Waals surface area contributed by atoms with Gasteiger partial charge in [-0.2, -0.15) is 0 Å². The zero-order valence-electron chi connectivity index (χ0n) is 14.3. The summed E-state index contributed by atoms with van der Waals surface area (Å²) in [6.45, 7) is 3.08. The van der Waals surface area contributed by atoms with Crippen molar-refractivity contribution >= 4 is 17.8 Å². The second kappa shape index (κ2) is 9.15. The first-order valence-corrected chi connectivity index (χ1v) is 8.49. The number of esters is 1. The first-order chi connectivity index (χ1) is 12.0. The van der Waals surface area contributed by atoms with Crippen LogP contribution in [0.15, 0.2) is 24.3 Å². The van der Waals surface area contributed by atoms with E-state index in [1.807, 2.05) is 0 Å². The Bertz CT molecular complexity index is 627. The van der Waals surface area contributed by atoms with Crippen LogP contribution in [0.2, 0.25) is 0 Å². The minimum atomic E-state index is -0.449. The summed E-state index contributed by atoms with van der Waals surface area (Å²) >= 11 is 0. The quantitative estimate of drug-likeness (QED) is 0.795. The average Bonchev–Trinajstić information content (AvgIpc) is 2.60. The fourth-order valence-corrected chi connectivity index (χ4v) is 2.77. The van der Waals surface area contributed by atoms with Gasteiger partial charge < -0.3 is 15.0 Å². The molecule has 0 aliphatic carbocycles. The molecule has 1 saturated heterocycles. The molecule has 1 aromatic rings. The van der Waals surface area contributed by atoms with Gasteiger partial charge in [0, 0.05) is 31.1 Å². The monoisotopic (exact) mass is 350 g/mol. The molecule has 0 bridgehead atoms. The Morgan fingerprint density at radius 1 is 1.24 bits per heavy atom. The Balaban J connectivity index is 1.74. The van der Waals surface area contributed by atoms with Gasteiger partial charge in [0.25, 0.3) is 5.91 Å². The molecule has 136 valence electrons. The molecule has 7 heteroatoms. The predicted molar refractivity (Wildman–Crippen MR) is 89.3 cm³/mol. The van der Waals surface area contributed by atoms with Crippen LogP contribution in [0.3, 0.4) is 0 Å². The summed E-state index contributed by atoms with van der Waals surface area (Å²) in [6.07, 6.45) is 1.49. The fourth-order valence-electron chi connectivity index (χ4n) is 2.77. The number of hydrogen-bond donors (Lipinski definition) is 1. The molecule has 0 atom stereocenters. The van der Waals surface area contributed by atoms with Crippen molar-refractivity contribution in [3.05, 3.63) is 35.6 Å². The summed E-state index contributed by atoms with van der Waals surface area (Å²) in [7, 11) is 0. The molecular weight excluding hydrogens is 327 g/mol. The minimum absolute atomic E-state index is 0.0510. The molecule has 0 unspecified atom stereocenters. The van der Waals surface area contributed by atoms with Crippen LogP contribution in [0.1, 0.15) is 43.0 Å². The molecule has 0 spiro atoms. The lowest BCUT2D eigenvalue weighted by Gasteiger charge is -2.32. The summed E-state index contributed by atoms with van der Waals surface area (Å²) < 4.78 is 18.0. The molecule has 1 aliphatic heterocycles. The van der Waals surface area contributed by atoms with E-state index in [0.29, 0.717) is 32.5 Å². The van der Waals surface area contributed by atoms with Gasteiger partial charge in [-0.1, -0.05) is 6.07 Å². The van der Waals surface area contributed by atoms with Crippen LogP contribution in [0.4, 0.5) is 4.39 Å². The number of carbonyl (C=O) groups is 3. The SMILES string of the molecule is CCOC(=O)CCC(=O)N1CCC(NC(=O)c2cccc(F)c2)CC1. The van der Waals surface area contributed by atoms with Gasteiger partial charge in [-0.3, -0.25) is 14.4 Å². The van der Waals surface area contributed by atoms with Crippen molar-refractivity contribution in [1.82, 2.24) is 10.2 Å². The lowest BCUT2D eigenvalue weighted by molar-refractivity contribution is -0.145. The van der Waals surface area contributed by atoms with Crippen LogP contribution < -0.4 is 5.32 Å². The van der Waals surface area contributed by atoms with E-state index in [1.165, 1.54) is 18.2 Å². The summed E-state index contributed by atoms with van der Waals surface area (Å²) in [5.74, 6) is -1.21. The van der Waals surface area contributed by atoms with E-state index in [1.54, 1.807) is 17.9 Å². The lowest BCUT2D eigenvalue weighted by Crippen LogP contribution is -2.46. The van der Waals surface area contributed by atoms with Gasteiger partial charge in [0.2, 0.25) is 5.91 Å². The van der Waals surface area contributed by atoms with Gasteiger partial charge in [0.05, 0.1) is 13.0 Å². The number of nitrogens with one attached hydrogen (secondary N) is 1. The zero-order chi connectivity index (χ0) is 18.2. The third-order valence-corrected chi connectivity index (χ3v) is 4.12. The smallest absolute Gasteiger partial charge is 0.306 e. The first-order valence-electron chi connectivity index (χ1n) is 8.49. The Hall–Kier alpha value is -2.44. The number of hydrogen-bond acceptors (Lipinski definition) is 4. The number of benzene rings is 1. The topological polar surface area (TPSA) is 75.7 Å². The molecule has 0 aromatic heterocycles.